The number of aliphatic hydroxyl groups is 1. The van der Waals surface area contributed by atoms with Crippen LogP contribution in [0.5, 0.6) is 0 Å². The fourth-order valence-corrected chi connectivity index (χ4v) is 3.40. The maximum Gasteiger partial charge on any atom is 0.0690 e. The third-order valence-corrected chi connectivity index (χ3v) is 4.38. The van der Waals surface area contributed by atoms with Crippen LogP contribution in [-0.4, -0.2) is 8.31 Å². The summed E-state index contributed by atoms with van der Waals surface area (Å²) in [5.74, 6) is 0. The molecule has 0 saturated carbocycles. The van der Waals surface area contributed by atoms with Crippen LogP contribution in [0.3, 0.4) is 0 Å². The number of hydrogen-bond donors (Lipinski definition) is 1. The van der Waals surface area contributed by atoms with Crippen molar-refractivity contribution in [2.75, 3.05) is 0 Å². The average Bonchev–Trinajstić information content (AvgIpc) is 3.20. The van der Waals surface area contributed by atoms with Crippen LogP contribution in [0.25, 0.3) is 16.7 Å². The van der Waals surface area contributed by atoms with Crippen molar-refractivity contribution in [3.05, 3.63) is 76.9 Å². The predicted octanol–water partition coefficient (Wildman–Crippen LogP) is 1.84. The molecule has 0 spiro atoms. The second kappa shape index (κ2) is 9.03. The Balaban J connectivity index is 0.000000411. The smallest absolute Gasteiger partial charge is 0.0690 e. The summed E-state index contributed by atoms with van der Waals surface area (Å²) < 4.78 is 1.51. The van der Waals surface area contributed by atoms with Crippen LogP contribution in [0.15, 0.2) is 54.6 Å². The Morgan fingerprint density at radius 1 is 1.04 bits per heavy atom. The summed E-state index contributed by atoms with van der Waals surface area (Å²) in [5, 5.41) is 9.87. The molecule has 0 fully saturated rings. The molecular formula is C22H22ClOZr-. The summed E-state index contributed by atoms with van der Waals surface area (Å²) in [6.07, 6.45) is 8.33. The van der Waals surface area contributed by atoms with E-state index < -0.39 is 0 Å². The molecule has 128 valence electrons. The zero-order valence-corrected chi connectivity index (χ0v) is 17.9. The summed E-state index contributed by atoms with van der Waals surface area (Å²) in [7, 11) is 0. The number of benzene rings is 2. The Morgan fingerprint density at radius 3 is 2.36 bits per heavy atom. The molecule has 2 aromatic rings. The molecule has 0 aliphatic heterocycles. The molecule has 0 atom stereocenters. The van der Waals surface area contributed by atoms with Gasteiger partial charge in [-0.1, -0.05) is 54.6 Å². The molecule has 25 heavy (non-hydrogen) atoms. The zero-order valence-electron chi connectivity index (χ0n) is 14.6. The molecule has 0 unspecified atom stereocenters. The van der Waals surface area contributed by atoms with Crippen molar-refractivity contribution in [2.45, 2.75) is 33.3 Å². The van der Waals surface area contributed by atoms with Gasteiger partial charge in [-0.3, -0.25) is 0 Å². The van der Waals surface area contributed by atoms with Crippen molar-refractivity contribution in [1.82, 2.24) is 0 Å². The summed E-state index contributed by atoms with van der Waals surface area (Å²) in [6.45, 7) is 4.36. The Hall–Kier alpha value is -1.08. The third-order valence-electron chi connectivity index (χ3n) is 4.38. The Morgan fingerprint density at radius 2 is 1.72 bits per heavy atom. The average molecular weight is 429 g/mol. The van der Waals surface area contributed by atoms with Gasteiger partial charge in [0.25, 0.3) is 0 Å². The van der Waals surface area contributed by atoms with Crippen molar-refractivity contribution in [2.24, 2.45) is 0 Å². The van der Waals surface area contributed by atoms with Crippen LogP contribution >= 0.6 is 0 Å². The summed E-state index contributed by atoms with van der Waals surface area (Å²) >= 11 is 1.55. The summed E-state index contributed by atoms with van der Waals surface area (Å²) in [6, 6.07) is 12.9. The minimum Gasteiger partial charge on any atom is -1.00 e. The SMILES string of the molecule is C[C](C)=[Zr].OCc1c(C2=CC=CC2)ccc2c1Cc1ccccc1-2.[Cl-]. The van der Waals surface area contributed by atoms with E-state index in [1.54, 1.807) is 24.2 Å². The molecule has 1 nitrogen and oxygen atoms in total. The Labute approximate surface area is 171 Å². The number of aliphatic hydroxyl groups excluding tert-OH is 1. The standard InChI is InChI=1S/C19H16O.C3H6.ClH.Zr/c20-12-19-16(13-5-1-2-6-13)9-10-17-15-8-4-3-7-14(15)11-18(17)19;1-3-2;;/h1-5,7-10,20H,6,11-12H2;1-2H3;1H;/p-1. The molecule has 0 saturated heterocycles. The van der Waals surface area contributed by atoms with E-state index in [0.29, 0.717) is 0 Å². The number of hydrogen-bond acceptors (Lipinski definition) is 1. The normalized spacial score (nSPS) is 13.1. The van der Waals surface area contributed by atoms with Crippen molar-refractivity contribution in [1.29, 1.82) is 0 Å². The quantitative estimate of drug-likeness (QED) is 0.660. The first-order valence-electron chi connectivity index (χ1n) is 8.33. The maximum atomic E-state index is 9.87. The molecular weight excluding hydrogens is 407 g/mol. The fourth-order valence-electron chi connectivity index (χ4n) is 3.40. The molecule has 4 rings (SSSR count). The van der Waals surface area contributed by atoms with Gasteiger partial charge in [-0.15, -0.1) is 0 Å². The molecule has 0 bridgehead atoms. The predicted molar refractivity (Wildman–Crippen MR) is 98.7 cm³/mol. The number of fused-ring (bicyclic) bond motifs is 3. The van der Waals surface area contributed by atoms with Crippen molar-refractivity contribution >= 4 is 8.78 Å². The molecule has 0 radical (unpaired) electrons. The number of allylic oxidation sites excluding steroid dienone is 4. The first-order valence-corrected chi connectivity index (χ1v) is 9.56. The minimum absolute atomic E-state index is 0. The zero-order chi connectivity index (χ0) is 17.1. The van der Waals surface area contributed by atoms with E-state index in [2.05, 4.69) is 68.5 Å². The van der Waals surface area contributed by atoms with Gasteiger partial charge in [0.2, 0.25) is 0 Å². The van der Waals surface area contributed by atoms with Crippen LogP contribution in [-0.2, 0) is 37.3 Å². The number of rotatable bonds is 2. The van der Waals surface area contributed by atoms with E-state index in [9.17, 15) is 5.11 Å². The van der Waals surface area contributed by atoms with Crippen molar-refractivity contribution in [3.63, 3.8) is 0 Å². The van der Waals surface area contributed by atoms with Gasteiger partial charge in [0.1, 0.15) is 0 Å². The van der Waals surface area contributed by atoms with E-state index in [4.69, 9.17) is 0 Å². The van der Waals surface area contributed by atoms with Gasteiger partial charge in [0, 0.05) is 0 Å². The van der Waals surface area contributed by atoms with Gasteiger partial charge in [-0.25, -0.2) is 0 Å². The van der Waals surface area contributed by atoms with Crippen LogP contribution < -0.4 is 12.4 Å². The van der Waals surface area contributed by atoms with Gasteiger partial charge in [-0.05, 0) is 51.8 Å². The third kappa shape index (κ3) is 4.37. The molecule has 0 aromatic heterocycles. The van der Waals surface area contributed by atoms with E-state index >= 15 is 0 Å². The Kier molecular flexibility index (Phi) is 7.31. The molecule has 0 heterocycles. The van der Waals surface area contributed by atoms with Gasteiger partial charge in [0.05, 0.1) is 6.61 Å². The van der Waals surface area contributed by atoms with Crippen LogP contribution in [0.4, 0.5) is 0 Å². The topological polar surface area (TPSA) is 20.2 Å². The summed E-state index contributed by atoms with van der Waals surface area (Å²) in [4.78, 5) is 0. The van der Waals surface area contributed by atoms with Crippen LogP contribution in [0.1, 0.15) is 42.5 Å². The maximum absolute atomic E-state index is 9.87. The van der Waals surface area contributed by atoms with Crippen LogP contribution in [0, 0.1) is 0 Å². The second-order valence-corrected chi connectivity index (χ2v) is 8.89. The Bertz CT molecular complexity index is 845. The molecule has 2 aromatic carbocycles. The van der Waals surface area contributed by atoms with Crippen LogP contribution in [0.2, 0.25) is 0 Å². The fraction of sp³-hybridized carbons (Fsp3) is 0.227. The van der Waals surface area contributed by atoms with Gasteiger partial charge in [-0.2, -0.15) is 0 Å². The van der Waals surface area contributed by atoms with Crippen molar-refractivity contribution in [3.8, 4) is 11.1 Å². The van der Waals surface area contributed by atoms with Crippen molar-refractivity contribution < 1.29 is 41.7 Å². The molecule has 2 aliphatic carbocycles. The molecule has 0 amide bonds. The van der Waals surface area contributed by atoms with Gasteiger partial charge < -0.3 is 17.5 Å². The summed E-state index contributed by atoms with van der Waals surface area (Å²) in [5.41, 5.74) is 8.92. The van der Waals surface area contributed by atoms with Gasteiger partial charge >= 0.3 is 41.3 Å². The van der Waals surface area contributed by atoms with E-state index in [0.717, 1.165) is 18.4 Å². The van der Waals surface area contributed by atoms with E-state index in [1.807, 2.05) is 0 Å². The first-order chi connectivity index (χ1) is 11.6. The molecule has 3 heteroatoms. The van der Waals surface area contributed by atoms with E-state index in [-0.39, 0.29) is 19.0 Å². The monoisotopic (exact) mass is 427 g/mol. The second-order valence-electron chi connectivity index (χ2n) is 6.43. The molecule has 2 aliphatic rings. The minimum atomic E-state index is 0. The largest absolute Gasteiger partial charge is 1.00 e. The first kappa shape index (κ1) is 20.2. The van der Waals surface area contributed by atoms with E-state index in [1.165, 1.54) is 36.6 Å². The van der Waals surface area contributed by atoms with Gasteiger partial charge in [0.15, 0.2) is 0 Å². The number of halogens is 1. The molecule has 1 N–H and O–H groups in total.